The minimum absolute atomic E-state index is 0.118. The molecule has 3 aliphatic rings. The zero-order valence-corrected chi connectivity index (χ0v) is 31.8. The van der Waals surface area contributed by atoms with Gasteiger partial charge in [-0.3, -0.25) is 0 Å². The van der Waals surface area contributed by atoms with Crippen LogP contribution in [0.4, 0.5) is 17.1 Å². The molecule has 1 nitrogen and oxygen atoms in total. The number of fused-ring (bicyclic) bond motifs is 9. The summed E-state index contributed by atoms with van der Waals surface area (Å²) in [5, 5.41) is 0. The molecular formula is C52H45N. The van der Waals surface area contributed by atoms with Crippen molar-refractivity contribution in [3.8, 4) is 44.5 Å². The number of hydrogen-bond donors (Lipinski definition) is 0. The van der Waals surface area contributed by atoms with Crippen LogP contribution in [0.3, 0.4) is 0 Å². The molecule has 0 atom stereocenters. The van der Waals surface area contributed by atoms with E-state index in [0.29, 0.717) is 0 Å². The highest BCUT2D eigenvalue weighted by atomic mass is 15.2. The zero-order chi connectivity index (χ0) is 36.4. The van der Waals surface area contributed by atoms with Gasteiger partial charge in [0.15, 0.2) is 0 Å². The lowest BCUT2D eigenvalue weighted by Gasteiger charge is -2.39. The van der Waals surface area contributed by atoms with Crippen LogP contribution >= 0.6 is 0 Å². The van der Waals surface area contributed by atoms with Crippen LogP contribution in [-0.2, 0) is 16.2 Å². The molecule has 1 heteroatoms. The summed E-state index contributed by atoms with van der Waals surface area (Å²) in [7, 11) is 0. The molecule has 0 amide bonds. The third-order valence-corrected chi connectivity index (χ3v) is 12.9. The van der Waals surface area contributed by atoms with E-state index in [1.165, 1.54) is 101 Å². The van der Waals surface area contributed by atoms with Gasteiger partial charge >= 0.3 is 0 Å². The lowest BCUT2D eigenvalue weighted by Crippen LogP contribution is -2.26. The molecule has 3 aliphatic carbocycles. The van der Waals surface area contributed by atoms with Gasteiger partial charge in [0.05, 0.1) is 11.4 Å². The Balaban J connectivity index is 1.45. The number of anilines is 3. The molecule has 0 aromatic heterocycles. The molecule has 0 saturated carbocycles. The first-order chi connectivity index (χ1) is 25.5. The molecular weight excluding hydrogens is 639 g/mol. The van der Waals surface area contributed by atoms with E-state index in [2.05, 4.69) is 199 Å². The Hall–Kier alpha value is -5.66. The second kappa shape index (κ2) is 10.9. The van der Waals surface area contributed by atoms with E-state index in [9.17, 15) is 0 Å². The van der Waals surface area contributed by atoms with Crippen molar-refractivity contribution >= 4 is 17.1 Å². The molecule has 0 heterocycles. The summed E-state index contributed by atoms with van der Waals surface area (Å²) in [6, 6.07) is 54.9. The summed E-state index contributed by atoms with van der Waals surface area (Å²) in [5.41, 5.74) is 23.4. The van der Waals surface area contributed by atoms with E-state index in [0.717, 1.165) is 0 Å². The Kier molecular flexibility index (Phi) is 6.61. The van der Waals surface area contributed by atoms with Crippen LogP contribution in [0.25, 0.3) is 44.5 Å². The van der Waals surface area contributed by atoms with E-state index in [4.69, 9.17) is 0 Å². The third kappa shape index (κ3) is 4.20. The summed E-state index contributed by atoms with van der Waals surface area (Å²) in [6.45, 7) is 16.8. The minimum Gasteiger partial charge on any atom is -0.309 e. The smallest absolute Gasteiger partial charge is 0.0556 e. The van der Waals surface area contributed by atoms with Crippen LogP contribution in [0.15, 0.2) is 146 Å². The number of hydrogen-bond acceptors (Lipinski definition) is 1. The van der Waals surface area contributed by atoms with Gasteiger partial charge in [-0.1, -0.05) is 174 Å². The Morgan fingerprint density at radius 2 is 0.830 bits per heavy atom. The average Bonchev–Trinajstić information content (AvgIpc) is 3.66. The van der Waals surface area contributed by atoms with Gasteiger partial charge in [-0.2, -0.15) is 0 Å². The Morgan fingerprint density at radius 1 is 0.377 bits per heavy atom. The van der Waals surface area contributed by atoms with Crippen molar-refractivity contribution in [1.29, 1.82) is 0 Å². The van der Waals surface area contributed by atoms with Gasteiger partial charge < -0.3 is 4.90 Å². The number of benzene rings is 7. The molecule has 0 spiro atoms. The average molecular weight is 684 g/mol. The monoisotopic (exact) mass is 683 g/mol. The highest BCUT2D eigenvalue weighted by molar-refractivity contribution is 6.10. The van der Waals surface area contributed by atoms with Crippen molar-refractivity contribution in [3.63, 3.8) is 0 Å². The molecule has 10 rings (SSSR count). The first kappa shape index (κ1) is 32.0. The van der Waals surface area contributed by atoms with Crippen molar-refractivity contribution in [1.82, 2.24) is 0 Å². The van der Waals surface area contributed by atoms with Gasteiger partial charge in [-0.05, 0) is 97.4 Å². The predicted molar refractivity (Wildman–Crippen MR) is 224 cm³/mol. The minimum atomic E-state index is -0.275. The first-order valence-electron chi connectivity index (χ1n) is 19.1. The van der Waals surface area contributed by atoms with Crippen molar-refractivity contribution < 1.29 is 0 Å². The van der Waals surface area contributed by atoms with Crippen LogP contribution in [0.2, 0.25) is 0 Å². The molecule has 0 aliphatic heterocycles. The van der Waals surface area contributed by atoms with Crippen molar-refractivity contribution in [2.24, 2.45) is 0 Å². The fraction of sp³-hybridized carbons (Fsp3) is 0.192. The summed E-state index contributed by atoms with van der Waals surface area (Å²) in [5.74, 6) is 0. The van der Waals surface area contributed by atoms with E-state index in [-0.39, 0.29) is 16.2 Å². The van der Waals surface area contributed by atoms with Crippen LogP contribution in [0, 0.1) is 6.92 Å². The lowest BCUT2D eigenvalue weighted by molar-refractivity contribution is 0.640. The molecule has 53 heavy (non-hydrogen) atoms. The zero-order valence-electron chi connectivity index (χ0n) is 31.8. The van der Waals surface area contributed by atoms with Gasteiger partial charge in [-0.15, -0.1) is 0 Å². The van der Waals surface area contributed by atoms with Gasteiger partial charge in [0.2, 0.25) is 0 Å². The first-order valence-corrected chi connectivity index (χ1v) is 19.1. The largest absolute Gasteiger partial charge is 0.309 e. The molecule has 0 saturated heterocycles. The molecule has 0 unspecified atom stereocenters. The highest BCUT2D eigenvalue weighted by Gasteiger charge is 2.49. The number of nitrogens with zero attached hydrogens (tertiary/aromatic N) is 1. The van der Waals surface area contributed by atoms with E-state index >= 15 is 0 Å². The van der Waals surface area contributed by atoms with Gasteiger partial charge in [-0.25, -0.2) is 0 Å². The standard InChI is InChI=1S/C52H45N/c1-32-28-30-34(31-29-32)53(42-27-17-26-41-44(42)35-20-11-14-23-38(35)50(41,2)3)49-47-45(36-21-12-15-24-39(36)51(47,4)5)43(33-18-9-8-10-19-33)46-37-22-13-16-25-40(37)52(6,7)48(46)49/h8-31H,1-7H3. The van der Waals surface area contributed by atoms with Crippen LogP contribution in [-0.4, -0.2) is 0 Å². The topological polar surface area (TPSA) is 3.24 Å². The normalized spacial score (nSPS) is 15.9. The molecule has 258 valence electrons. The number of aryl methyl sites for hydroxylation is 1. The Morgan fingerprint density at radius 3 is 1.38 bits per heavy atom. The molecule has 0 radical (unpaired) electrons. The second-order valence-electron chi connectivity index (χ2n) is 17.0. The maximum atomic E-state index is 2.67. The van der Waals surface area contributed by atoms with Crippen LogP contribution in [0.5, 0.6) is 0 Å². The fourth-order valence-electron chi connectivity index (χ4n) is 10.4. The van der Waals surface area contributed by atoms with Gasteiger partial charge in [0, 0.05) is 27.5 Å². The number of rotatable bonds is 4. The summed E-state index contributed by atoms with van der Waals surface area (Å²) in [6.07, 6.45) is 0. The van der Waals surface area contributed by atoms with E-state index in [1.807, 2.05) is 0 Å². The molecule has 0 fully saturated rings. The molecule has 7 aromatic rings. The van der Waals surface area contributed by atoms with E-state index in [1.54, 1.807) is 0 Å². The highest BCUT2D eigenvalue weighted by Crippen LogP contribution is 2.67. The Bertz CT molecular complexity index is 2550. The maximum Gasteiger partial charge on any atom is 0.0556 e. The molecule has 7 aromatic carbocycles. The van der Waals surface area contributed by atoms with Crippen molar-refractivity contribution in [2.45, 2.75) is 64.7 Å². The quantitative estimate of drug-likeness (QED) is 0.178. The third-order valence-electron chi connectivity index (χ3n) is 12.9. The van der Waals surface area contributed by atoms with Crippen molar-refractivity contribution in [3.05, 3.63) is 185 Å². The second-order valence-corrected chi connectivity index (χ2v) is 17.0. The summed E-state index contributed by atoms with van der Waals surface area (Å²) >= 11 is 0. The maximum absolute atomic E-state index is 2.67. The van der Waals surface area contributed by atoms with Gasteiger partial charge in [0.25, 0.3) is 0 Å². The van der Waals surface area contributed by atoms with Crippen LogP contribution < -0.4 is 4.90 Å². The lowest BCUT2D eigenvalue weighted by atomic mass is 9.73. The molecule has 0 N–H and O–H groups in total. The summed E-state index contributed by atoms with van der Waals surface area (Å²) < 4.78 is 0. The summed E-state index contributed by atoms with van der Waals surface area (Å²) in [4.78, 5) is 2.67. The SMILES string of the molecule is Cc1ccc(N(c2cccc3c2-c2ccccc2C3(C)C)c2c3c(c(-c4ccccc4)c4c2C(C)(C)c2ccccc2-4)-c2ccccc2C3(C)C)cc1. The Labute approximate surface area is 314 Å². The molecule has 0 bridgehead atoms. The van der Waals surface area contributed by atoms with Crippen LogP contribution in [0.1, 0.15) is 80.5 Å². The fourth-order valence-corrected chi connectivity index (χ4v) is 10.4. The van der Waals surface area contributed by atoms with E-state index < -0.39 is 0 Å². The predicted octanol–water partition coefficient (Wildman–Crippen LogP) is 14.1. The van der Waals surface area contributed by atoms with Gasteiger partial charge in [0.1, 0.15) is 0 Å². The van der Waals surface area contributed by atoms with Crippen molar-refractivity contribution in [2.75, 3.05) is 4.90 Å².